The minimum Gasteiger partial charge on any atom is -0.310 e. The molecule has 1 aliphatic rings. The molecule has 0 aromatic heterocycles. The van der Waals surface area contributed by atoms with Crippen molar-refractivity contribution in [2.75, 3.05) is 6.54 Å². The molecule has 1 aromatic rings. The Morgan fingerprint density at radius 2 is 1.90 bits per heavy atom. The molecule has 1 fully saturated rings. The van der Waals surface area contributed by atoms with E-state index in [1.807, 2.05) is 6.07 Å². The third kappa shape index (κ3) is 4.11. The smallest absolute Gasteiger partial charge is 0.0410 e. The molecule has 3 heteroatoms. The van der Waals surface area contributed by atoms with Crippen LogP contribution >= 0.6 is 34.2 Å². The van der Waals surface area contributed by atoms with E-state index in [9.17, 15) is 0 Å². The van der Waals surface area contributed by atoms with Gasteiger partial charge >= 0.3 is 0 Å². The fourth-order valence-corrected chi connectivity index (χ4v) is 4.64. The summed E-state index contributed by atoms with van der Waals surface area (Å²) in [6, 6.07) is 6.72. The average Bonchev–Trinajstić information content (AvgIpc) is 2.38. The van der Waals surface area contributed by atoms with Crippen molar-refractivity contribution < 1.29 is 0 Å². The molecular formula is C17H25ClIN. The SMILES string of the molecule is CCNC(c1cc(Cl)ccc1I)C1CC(C)CC(C)C1. The summed E-state index contributed by atoms with van der Waals surface area (Å²) in [4.78, 5) is 0. The Labute approximate surface area is 142 Å². The van der Waals surface area contributed by atoms with Crippen LogP contribution in [0.5, 0.6) is 0 Å². The molecule has 0 heterocycles. The molecule has 2 rings (SSSR count). The van der Waals surface area contributed by atoms with E-state index in [4.69, 9.17) is 11.6 Å². The van der Waals surface area contributed by atoms with Crippen LogP contribution in [0.15, 0.2) is 18.2 Å². The third-order valence-corrected chi connectivity index (χ3v) is 5.62. The highest BCUT2D eigenvalue weighted by Gasteiger charge is 2.31. The number of rotatable bonds is 4. The highest BCUT2D eigenvalue weighted by Crippen LogP contribution is 2.41. The van der Waals surface area contributed by atoms with Gasteiger partial charge in [-0.25, -0.2) is 0 Å². The Bertz CT molecular complexity index is 439. The van der Waals surface area contributed by atoms with Crippen molar-refractivity contribution in [2.45, 2.75) is 46.1 Å². The molecule has 0 saturated heterocycles. The summed E-state index contributed by atoms with van der Waals surface area (Å²) in [6.07, 6.45) is 4.02. The number of halogens is 2. The zero-order valence-corrected chi connectivity index (χ0v) is 15.5. The van der Waals surface area contributed by atoms with Crippen molar-refractivity contribution in [3.8, 4) is 0 Å². The zero-order valence-electron chi connectivity index (χ0n) is 12.6. The van der Waals surface area contributed by atoms with Gasteiger partial charge in [-0.05, 0) is 89.9 Å². The van der Waals surface area contributed by atoms with Gasteiger partial charge in [0, 0.05) is 14.6 Å². The van der Waals surface area contributed by atoms with Crippen molar-refractivity contribution >= 4 is 34.2 Å². The van der Waals surface area contributed by atoms with E-state index < -0.39 is 0 Å². The summed E-state index contributed by atoms with van der Waals surface area (Å²) >= 11 is 8.67. The van der Waals surface area contributed by atoms with Gasteiger partial charge in [0.2, 0.25) is 0 Å². The van der Waals surface area contributed by atoms with Gasteiger partial charge in [0.1, 0.15) is 0 Å². The normalized spacial score (nSPS) is 28.4. The van der Waals surface area contributed by atoms with Crippen LogP contribution in [-0.2, 0) is 0 Å². The van der Waals surface area contributed by atoms with Crippen molar-refractivity contribution in [3.05, 3.63) is 32.4 Å². The third-order valence-electron chi connectivity index (χ3n) is 4.40. The molecule has 112 valence electrons. The van der Waals surface area contributed by atoms with Crippen LogP contribution in [0, 0.1) is 21.3 Å². The first-order chi connectivity index (χ1) is 9.51. The summed E-state index contributed by atoms with van der Waals surface area (Å²) in [5.74, 6) is 2.39. The van der Waals surface area contributed by atoms with Crippen LogP contribution in [0.3, 0.4) is 0 Å². The quantitative estimate of drug-likeness (QED) is 0.637. The van der Waals surface area contributed by atoms with E-state index in [1.165, 1.54) is 28.4 Å². The summed E-state index contributed by atoms with van der Waals surface area (Å²) in [5, 5.41) is 4.56. The van der Waals surface area contributed by atoms with Crippen molar-refractivity contribution in [3.63, 3.8) is 0 Å². The number of benzene rings is 1. The van der Waals surface area contributed by atoms with Gasteiger partial charge in [0.05, 0.1) is 0 Å². The molecule has 3 unspecified atom stereocenters. The van der Waals surface area contributed by atoms with Crippen molar-refractivity contribution in [1.82, 2.24) is 5.32 Å². The molecular weight excluding hydrogens is 381 g/mol. The molecule has 0 aliphatic heterocycles. The van der Waals surface area contributed by atoms with Crippen LogP contribution < -0.4 is 5.32 Å². The highest BCUT2D eigenvalue weighted by atomic mass is 127. The number of nitrogens with one attached hydrogen (secondary N) is 1. The van der Waals surface area contributed by atoms with E-state index in [-0.39, 0.29) is 0 Å². The average molecular weight is 406 g/mol. The number of hydrogen-bond donors (Lipinski definition) is 1. The lowest BCUT2D eigenvalue weighted by atomic mass is 9.72. The molecule has 1 N–H and O–H groups in total. The van der Waals surface area contributed by atoms with Gasteiger partial charge in [-0.2, -0.15) is 0 Å². The van der Waals surface area contributed by atoms with Gasteiger partial charge in [-0.1, -0.05) is 32.4 Å². The first kappa shape index (κ1) is 16.6. The second kappa shape index (κ2) is 7.46. The maximum atomic E-state index is 6.23. The Kier molecular flexibility index (Phi) is 6.18. The van der Waals surface area contributed by atoms with Crippen LogP contribution in [0.2, 0.25) is 5.02 Å². The lowest BCUT2D eigenvalue weighted by Crippen LogP contribution is -2.33. The molecule has 0 amide bonds. The van der Waals surface area contributed by atoms with Crippen molar-refractivity contribution in [2.24, 2.45) is 17.8 Å². The lowest BCUT2D eigenvalue weighted by molar-refractivity contribution is 0.177. The van der Waals surface area contributed by atoms with E-state index in [2.05, 4.69) is 60.8 Å². The van der Waals surface area contributed by atoms with E-state index in [0.29, 0.717) is 6.04 Å². The molecule has 3 atom stereocenters. The predicted molar refractivity (Wildman–Crippen MR) is 96.3 cm³/mol. The Morgan fingerprint density at radius 1 is 1.25 bits per heavy atom. The number of hydrogen-bond acceptors (Lipinski definition) is 1. The van der Waals surface area contributed by atoms with Gasteiger partial charge in [0.25, 0.3) is 0 Å². The monoisotopic (exact) mass is 405 g/mol. The van der Waals surface area contributed by atoms with E-state index in [1.54, 1.807) is 0 Å². The summed E-state index contributed by atoms with van der Waals surface area (Å²) < 4.78 is 1.32. The molecule has 1 aliphatic carbocycles. The molecule has 1 aromatic carbocycles. The van der Waals surface area contributed by atoms with Gasteiger partial charge in [-0.3, -0.25) is 0 Å². The maximum Gasteiger partial charge on any atom is 0.0410 e. The second-order valence-corrected chi connectivity index (χ2v) is 7.98. The Morgan fingerprint density at radius 3 is 2.50 bits per heavy atom. The largest absolute Gasteiger partial charge is 0.310 e. The van der Waals surface area contributed by atoms with E-state index in [0.717, 1.165) is 29.3 Å². The zero-order chi connectivity index (χ0) is 14.7. The molecule has 1 saturated carbocycles. The molecule has 0 bridgehead atoms. The molecule has 0 radical (unpaired) electrons. The van der Waals surface area contributed by atoms with Crippen LogP contribution in [0.25, 0.3) is 0 Å². The molecule has 0 spiro atoms. The van der Waals surface area contributed by atoms with Crippen LogP contribution in [0.1, 0.15) is 51.6 Å². The van der Waals surface area contributed by atoms with Gasteiger partial charge < -0.3 is 5.32 Å². The Balaban J connectivity index is 2.28. The van der Waals surface area contributed by atoms with Crippen molar-refractivity contribution in [1.29, 1.82) is 0 Å². The fourth-order valence-electron chi connectivity index (χ4n) is 3.78. The second-order valence-electron chi connectivity index (χ2n) is 6.38. The fraction of sp³-hybridized carbons (Fsp3) is 0.647. The summed E-state index contributed by atoms with van der Waals surface area (Å²) in [6.45, 7) is 8.00. The van der Waals surface area contributed by atoms with Crippen LogP contribution in [-0.4, -0.2) is 6.54 Å². The minimum absolute atomic E-state index is 0.441. The summed E-state index contributed by atoms with van der Waals surface area (Å²) in [7, 11) is 0. The molecule has 20 heavy (non-hydrogen) atoms. The maximum absolute atomic E-state index is 6.23. The lowest BCUT2D eigenvalue weighted by Gasteiger charge is -2.37. The standard InChI is InChI=1S/C17H25ClIN/c1-4-20-17(13-8-11(2)7-12(3)9-13)15-10-14(18)5-6-16(15)19/h5-6,10-13,17,20H,4,7-9H2,1-3H3. The first-order valence-electron chi connectivity index (χ1n) is 7.69. The van der Waals surface area contributed by atoms with Crippen LogP contribution in [0.4, 0.5) is 0 Å². The predicted octanol–water partition coefficient (Wildman–Crippen LogP) is 5.67. The van der Waals surface area contributed by atoms with Gasteiger partial charge in [-0.15, -0.1) is 0 Å². The topological polar surface area (TPSA) is 12.0 Å². The molecule has 1 nitrogen and oxygen atoms in total. The summed E-state index contributed by atoms with van der Waals surface area (Å²) in [5.41, 5.74) is 1.38. The minimum atomic E-state index is 0.441. The Hall–Kier alpha value is 0.200. The highest BCUT2D eigenvalue weighted by molar-refractivity contribution is 14.1. The first-order valence-corrected chi connectivity index (χ1v) is 9.15. The van der Waals surface area contributed by atoms with Gasteiger partial charge in [0.15, 0.2) is 0 Å². The van der Waals surface area contributed by atoms with E-state index >= 15 is 0 Å².